The second-order valence-corrected chi connectivity index (χ2v) is 6.76. The molecule has 5 nitrogen and oxygen atoms in total. The molecular weight excluding hydrogens is 322 g/mol. The molecule has 0 bridgehead atoms. The minimum absolute atomic E-state index is 0.0705. The zero-order valence-electron chi connectivity index (χ0n) is 15.2. The molecule has 0 N–H and O–H groups in total. The van der Waals surface area contributed by atoms with Crippen LogP contribution >= 0.6 is 11.3 Å². The van der Waals surface area contributed by atoms with Crippen LogP contribution in [-0.2, 0) is 13.0 Å². The van der Waals surface area contributed by atoms with Gasteiger partial charge in [0.25, 0.3) is 5.91 Å². The second kappa shape index (κ2) is 8.44. The average molecular weight is 350 g/mol. The van der Waals surface area contributed by atoms with Gasteiger partial charge in [0.15, 0.2) is 5.76 Å². The summed E-state index contributed by atoms with van der Waals surface area (Å²) in [6.45, 7) is 11.1. The van der Waals surface area contributed by atoms with Gasteiger partial charge in [0.05, 0.1) is 6.04 Å². The van der Waals surface area contributed by atoms with E-state index in [1.807, 2.05) is 18.4 Å². The van der Waals surface area contributed by atoms with Crippen molar-refractivity contribution in [3.05, 3.63) is 39.7 Å². The third-order valence-corrected chi connectivity index (χ3v) is 5.37. The van der Waals surface area contributed by atoms with Crippen LogP contribution in [0.15, 0.2) is 22.1 Å². The minimum atomic E-state index is -0.0989. The quantitative estimate of drug-likeness (QED) is 0.723. The summed E-state index contributed by atoms with van der Waals surface area (Å²) < 4.78 is 5.87. The van der Waals surface area contributed by atoms with E-state index < -0.39 is 0 Å². The molecular formula is C18H27N3O2S. The predicted molar refractivity (Wildman–Crippen MR) is 97.3 cm³/mol. The van der Waals surface area contributed by atoms with Crippen LogP contribution in [0.4, 0.5) is 0 Å². The summed E-state index contributed by atoms with van der Waals surface area (Å²) in [4.78, 5) is 21.1. The Kier molecular flexibility index (Phi) is 6.57. The van der Waals surface area contributed by atoms with Gasteiger partial charge in [0, 0.05) is 37.2 Å². The van der Waals surface area contributed by atoms with E-state index in [2.05, 4.69) is 30.7 Å². The molecule has 132 valence electrons. The van der Waals surface area contributed by atoms with Crippen LogP contribution in [0.3, 0.4) is 0 Å². The average Bonchev–Trinajstić information content (AvgIpc) is 3.27. The van der Waals surface area contributed by atoms with Gasteiger partial charge in [-0.3, -0.25) is 9.69 Å². The predicted octanol–water partition coefficient (Wildman–Crippen LogP) is 3.97. The molecule has 0 aliphatic rings. The van der Waals surface area contributed by atoms with Crippen molar-refractivity contribution in [3.63, 3.8) is 0 Å². The topological polar surface area (TPSA) is 49.6 Å². The highest BCUT2D eigenvalue weighted by molar-refractivity contribution is 7.09. The smallest absolute Gasteiger partial charge is 0.289 e. The maximum absolute atomic E-state index is 12.8. The van der Waals surface area contributed by atoms with Gasteiger partial charge in [-0.2, -0.15) is 0 Å². The van der Waals surface area contributed by atoms with Crippen LogP contribution in [0.1, 0.15) is 60.6 Å². The Morgan fingerprint density at radius 2 is 2.04 bits per heavy atom. The minimum Gasteiger partial charge on any atom is -0.456 e. The summed E-state index contributed by atoms with van der Waals surface area (Å²) in [6, 6.07) is 1.84. The summed E-state index contributed by atoms with van der Waals surface area (Å²) in [6.07, 6.45) is 2.55. The van der Waals surface area contributed by atoms with Gasteiger partial charge in [-0.15, -0.1) is 11.3 Å². The molecule has 0 aliphatic carbocycles. The number of carbonyl (C=O) groups excluding carboxylic acids is 1. The molecule has 0 radical (unpaired) electrons. The summed E-state index contributed by atoms with van der Waals surface area (Å²) in [5, 5.41) is 2.85. The van der Waals surface area contributed by atoms with E-state index in [0.717, 1.165) is 42.4 Å². The molecule has 2 aromatic rings. The summed E-state index contributed by atoms with van der Waals surface area (Å²) in [7, 11) is 1.80. The van der Waals surface area contributed by atoms with E-state index >= 15 is 0 Å². The van der Waals surface area contributed by atoms with Crippen LogP contribution in [0.2, 0.25) is 0 Å². The van der Waals surface area contributed by atoms with Gasteiger partial charge in [0.2, 0.25) is 0 Å². The molecule has 1 atom stereocenters. The van der Waals surface area contributed by atoms with Crippen molar-refractivity contribution in [1.82, 2.24) is 14.8 Å². The van der Waals surface area contributed by atoms with E-state index in [9.17, 15) is 4.79 Å². The molecule has 0 spiro atoms. The standard InChI is InChI=1S/C18H27N3O2S/c1-6-15-14(12-21(7-2)8-3)11-16(23-15)18(22)20(5)13(4)17-19-9-10-24-17/h9-11,13H,6-8,12H2,1-5H3. The monoisotopic (exact) mass is 349 g/mol. The highest BCUT2D eigenvalue weighted by Crippen LogP contribution is 2.25. The molecule has 1 amide bonds. The number of aromatic nitrogens is 1. The summed E-state index contributed by atoms with van der Waals surface area (Å²) in [5.41, 5.74) is 1.11. The number of nitrogens with zero attached hydrogens (tertiary/aromatic N) is 3. The molecule has 2 rings (SSSR count). The van der Waals surface area contributed by atoms with E-state index in [4.69, 9.17) is 4.42 Å². The highest BCUT2D eigenvalue weighted by Gasteiger charge is 2.24. The van der Waals surface area contributed by atoms with Crippen molar-refractivity contribution < 1.29 is 9.21 Å². The van der Waals surface area contributed by atoms with Crippen molar-refractivity contribution in [3.8, 4) is 0 Å². The van der Waals surface area contributed by atoms with E-state index in [1.165, 1.54) is 0 Å². The van der Waals surface area contributed by atoms with Gasteiger partial charge < -0.3 is 9.32 Å². The first kappa shape index (κ1) is 18.7. The maximum atomic E-state index is 12.8. The van der Waals surface area contributed by atoms with Gasteiger partial charge >= 0.3 is 0 Å². The van der Waals surface area contributed by atoms with Crippen LogP contribution < -0.4 is 0 Å². The van der Waals surface area contributed by atoms with Crippen molar-refractivity contribution in [1.29, 1.82) is 0 Å². The van der Waals surface area contributed by atoms with E-state index in [-0.39, 0.29) is 11.9 Å². The fourth-order valence-electron chi connectivity index (χ4n) is 2.65. The van der Waals surface area contributed by atoms with Crippen LogP contribution in [0, 0.1) is 0 Å². The van der Waals surface area contributed by atoms with Crippen LogP contribution in [0.25, 0.3) is 0 Å². The second-order valence-electron chi connectivity index (χ2n) is 5.84. The van der Waals surface area contributed by atoms with Crippen LogP contribution in [0.5, 0.6) is 0 Å². The fraction of sp³-hybridized carbons (Fsp3) is 0.556. The Bertz CT molecular complexity index is 647. The number of hydrogen-bond acceptors (Lipinski definition) is 5. The Labute approximate surface area is 148 Å². The first-order valence-electron chi connectivity index (χ1n) is 8.52. The van der Waals surface area contributed by atoms with Gasteiger partial charge in [0.1, 0.15) is 10.8 Å². The molecule has 0 aliphatic heterocycles. The van der Waals surface area contributed by atoms with E-state index in [0.29, 0.717) is 5.76 Å². The van der Waals surface area contributed by atoms with Crippen molar-refractivity contribution >= 4 is 17.2 Å². The molecule has 24 heavy (non-hydrogen) atoms. The third-order valence-electron chi connectivity index (χ3n) is 4.43. The summed E-state index contributed by atoms with van der Waals surface area (Å²) in [5.74, 6) is 1.22. The Morgan fingerprint density at radius 3 is 2.58 bits per heavy atom. The lowest BCUT2D eigenvalue weighted by atomic mass is 10.2. The first-order chi connectivity index (χ1) is 11.5. The number of aryl methyl sites for hydroxylation is 1. The maximum Gasteiger partial charge on any atom is 0.289 e. The molecule has 0 saturated carbocycles. The van der Waals surface area contributed by atoms with Crippen LogP contribution in [-0.4, -0.2) is 40.8 Å². The number of rotatable bonds is 8. The number of carbonyl (C=O) groups is 1. The largest absolute Gasteiger partial charge is 0.456 e. The zero-order valence-corrected chi connectivity index (χ0v) is 16.0. The number of hydrogen-bond donors (Lipinski definition) is 0. The van der Waals surface area contributed by atoms with Gasteiger partial charge in [-0.05, 0) is 26.1 Å². The molecule has 2 heterocycles. The van der Waals surface area contributed by atoms with Crippen molar-refractivity contribution in [2.45, 2.75) is 46.7 Å². The molecule has 0 fully saturated rings. The van der Waals surface area contributed by atoms with Crippen molar-refractivity contribution in [2.24, 2.45) is 0 Å². The Balaban J connectivity index is 2.18. The lowest BCUT2D eigenvalue weighted by molar-refractivity contribution is 0.0708. The lowest BCUT2D eigenvalue weighted by Crippen LogP contribution is -2.29. The summed E-state index contributed by atoms with van der Waals surface area (Å²) >= 11 is 1.56. The zero-order chi connectivity index (χ0) is 17.7. The third kappa shape index (κ3) is 4.05. The van der Waals surface area contributed by atoms with Gasteiger partial charge in [-0.25, -0.2) is 4.98 Å². The highest BCUT2D eigenvalue weighted by atomic mass is 32.1. The number of amides is 1. The fourth-order valence-corrected chi connectivity index (χ4v) is 3.39. The Morgan fingerprint density at radius 1 is 1.33 bits per heavy atom. The normalized spacial score (nSPS) is 12.6. The number of furan rings is 1. The Hall–Kier alpha value is -1.66. The first-order valence-corrected chi connectivity index (χ1v) is 9.40. The SMILES string of the molecule is CCc1oc(C(=O)N(C)C(C)c2nccs2)cc1CN(CC)CC. The van der Waals surface area contributed by atoms with Crippen molar-refractivity contribution in [2.75, 3.05) is 20.1 Å². The molecule has 2 aromatic heterocycles. The van der Waals surface area contributed by atoms with Gasteiger partial charge in [-0.1, -0.05) is 20.8 Å². The molecule has 6 heteroatoms. The molecule has 0 saturated heterocycles. The molecule has 1 unspecified atom stereocenters. The lowest BCUT2D eigenvalue weighted by Gasteiger charge is -2.22. The van der Waals surface area contributed by atoms with E-state index in [1.54, 1.807) is 29.5 Å². The number of thiazole rings is 1. The molecule has 0 aromatic carbocycles.